The summed E-state index contributed by atoms with van der Waals surface area (Å²) in [6.45, 7) is 3.69. The summed E-state index contributed by atoms with van der Waals surface area (Å²) < 4.78 is 5.46. The second-order valence-electron chi connectivity index (χ2n) is 6.62. The molecule has 1 fully saturated rings. The summed E-state index contributed by atoms with van der Waals surface area (Å²) in [5.41, 5.74) is 3.07. The molecule has 8 nitrogen and oxygen atoms in total. The molecule has 1 aliphatic heterocycles. The summed E-state index contributed by atoms with van der Waals surface area (Å²) in [7, 11) is 0. The first kappa shape index (κ1) is 21.1. The topological polar surface area (TPSA) is 114 Å². The molecule has 0 atom stereocenters. The minimum atomic E-state index is -0.872. The van der Waals surface area contributed by atoms with Crippen molar-refractivity contribution in [2.45, 2.75) is 13.8 Å². The molecule has 1 aliphatic rings. The van der Waals surface area contributed by atoms with Gasteiger partial charge in [-0.25, -0.2) is 4.79 Å². The van der Waals surface area contributed by atoms with Gasteiger partial charge in [0.2, 0.25) is 0 Å². The summed E-state index contributed by atoms with van der Waals surface area (Å²) >= 11 is 6.18. The molecule has 0 unspecified atom stereocenters. The maximum absolute atomic E-state index is 12.1. The number of rotatable bonds is 5. The predicted octanol–water partition coefficient (Wildman–Crippen LogP) is 2.72. The second-order valence-corrected chi connectivity index (χ2v) is 7.03. The van der Waals surface area contributed by atoms with Crippen molar-refractivity contribution in [3.8, 4) is 5.75 Å². The number of imide groups is 2. The number of carbonyl (C=O) groups is 4. The number of carbonyl (C=O) groups excluding carboxylic acids is 4. The van der Waals surface area contributed by atoms with Crippen LogP contribution >= 0.6 is 11.6 Å². The van der Waals surface area contributed by atoms with E-state index in [4.69, 9.17) is 16.3 Å². The average molecular weight is 428 g/mol. The lowest BCUT2D eigenvalue weighted by Gasteiger charge is -2.14. The van der Waals surface area contributed by atoms with Gasteiger partial charge in [0.15, 0.2) is 6.61 Å². The lowest BCUT2D eigenvalue weighted by Crippen LogP contribution is -2.51. The molecule has 0 spiro atoms. The first-order valence-corrected chi connectivity index (χ1v) is 9.28. The van der Waals surface area contributed by atoms with E-state index < -0.39 is 17.8 Å². The Morgan fingerprint density at radius 2 is 1.73 bits per heavy atom. The molecule has 2 aromatic rings. The zero-order chi connectivity index (χ0) is 21.8. The van der Waals surface area contributed by atoms with Crippen molar-refractivity contribution in [1.82, 2.24) is 10.6 Å². The summed E-state index contributed by atoms with van der Waals surface area (Å²) in [4.78, 5) is 46.8. The van der Waals surface area contributed by atoms with E-state index in [2.05, 4.69) is 5.32 Å². The van der Waals surface area contributed by atoms with Crippen molar-refractivity contribution < 1.29 is 23.9 Å². The lowest BCUT2D eigenvalue weighted by molar-refractivity contribution is -0.124. The Hall–Kier alpha value is -3.65. The van der Waals surface area contributed by atoms with Gasteiger partial charge in [0.25, 0.3) is 17.7 Å². The first-order chi connectivity index (χ1) is 14.2. The highest BCUT2D eigenvalue weighted by atomic mass is 35.5. The van der Waals surface area contributed by atoms with E-state index in [0.717, 1.165) is 11.1 Å². The quantitative estimate of drug-likeness (QED) is 0.501. The number of hydrogen-bond donors (Lipinski definition) is 3. The van der Waals surface area contributed by atoms with Gasteiger partial charge in [0.05, 0.1) is 5.02 Å². The summed E-state index contributed by atoms with van der Waals surface area (Å²) in [5, 5.41) is 6.91. The standard InChI is InChI=1S/C21H18ClN3O5/c1-11-3-5-14(7-12(11)2)23-18(26)10-30-17-6-4-13(9-16(17)22)8-15-19(27)24-21(29)25-20(15)28/h3-9H,10H2,1-2H3,(H,23,26)(H2,24,25,27,28,29). The Morgan fingerprint density at radius 1 is 1.03 bits per heavy atom. The van der Waals surface area contributed by atoms with E-state index in [1.807, 2.05) is 36.6 Å². The van der Waals surface area contributed by atoms with Crippen molar-refractivity contribution in [2.75, 3.05) is 11.9 Å². The minimum absolute atomic E-state index is 0.191. The average Bonchev–Trinajstić information content (AvgIpc) is 2.67. The molecule has 0 bridgehead atoms. The van der Waals surface area contributed by atoms with Gasteiger partial charge in [-0.3, -0.25) is 25.0 Å². The number of urea groups is 1. The molecule has 154 valence electrons. The van der Waals surface area contributed by atoms with Crippen LogP contribution in [-0.2, 0) is 14.4 Å². The molecule has 0 saturated carbocycles. The van der Waals surface area contributed by atoms with Gasteiger partial charge in [0.1, 0.15) is 11.3 Å². The molecule has 2 aromatic carbocycles. The Balaban J connectivity index is 1.64. The Kier molecular flexibility index (Phi) is 6.17. The lowest BCUT2D eigenvalue weighted by atomic mass is 10.1. The van der Waals surface area contributed by atoms with Crippen molar-refractivity contribution in [1.29, 1.82) is 0 Å². The number of halogens is 1. The molecular formula is C21H18ClN3O5. The number of aryl methyl sites for hydroxylation is 2. The molecule has 1 saturated heterocycles. The van der Waals surface area contributed by atoms with Gasteiger partial charge in [-0.05, 0) is 60.9 Å². The van der Waals surface area contributed by atoms with Crippen LogP contribution in [0, 0.1) is 13.8 Å². The zero-order valence-corrected chi connectivity index (χ0v) is 16.9. The maximum Gasteiger partial charge on any atom is 0.328 e. The van der Waals surface area contributed by atoms with Crippen molar-refractivity contribution in [3.63, 3.8) is 0 Å². The van der Waals surface area contributed by atoms with Gasteiger partial charge >= 0.3 is 6.03 Å². The van der Waals surface area contributed by atoms with Crippen molar-refractivity contribution in [3.05, 3.63) is 63.7 Å². The third-order valence-electron chi connectivity index (χ3n) is 4.36. The molecule has 0 aliphatic carbocycles. The smallest absolute Gasteiger partial charge is 0.328 e. The number of amides is 5. The largest absolute Gasteiger partial charge is 0.482 e. The number of ether oxygens (including phenoxy) is 1. The predicted molar refractivity (Wildman–Crippen MR) is 111 cm³/mol. The van der Waals surface area contributed by atoms with Crippen LogP contribution in [0.3, 0.4) is 0 Å². The number of anilines is 1. The maximum atomic E-state index is 12.1. The Morgan fingerprint density at radius 3 is 2.37 bits per heavy atom. The van der Waals surface area contributed by atoms with E-state index in [9.17, 15) is 19.2 Å². The SMILES string of the molecule is Cc1ccc(NC(=O)COc2ccc(C=C3C(=O)NC(=O)NC3=O)cc2Cl)cc1C. The van der Waals surface area contributed by atoms with Crippen LogP contribution < -0.4 is 20.7 Å². The number of benzene rings is 2. The van der Waals surface area contributed by atoms with Crippen LogP contribution in [0.4, 0.5) is 10.5 Å². The molecule has 0 radical (unpaired) electrons. The molecule has 1 heterocycles. The zero-order valence-electron chi connectivity index (χ0n) is 16.2. The van der Waals surface area contributed by atoms with E-state index >= 15 is 0 Å². The normalized spacial score (nSPS) is 13.4. The summed E-state index contributed by atoms with van der Waals surface area (Å²) in [6.07, 6.45) is 1.29. The van der Waals surface area contributed by atoms with Gasteiger partial charge in [-0.15, -0.1) is 0 Å². The highest BCUT2D eigenvalue weighted by Crippen LogP contribution is 2.27. The van der Waals surface area contributed by atoms with Gasteiger partial charge in [-0.1, -0.05) is 23.7 Å². The van der Waals surface area contributed by atoms with E-state index in [1.165, 1.54) is 18.2 Å². The van der Waals surface area contributed by atoms with E-state index in [1.54, 1.807) is 12.1 Å². The molecule has 3 rings (SSSR count). The number of hydrogen-bond acceptors (Lipinski definition) is 5. The van der Waals surface area contributed by atoms with E-state index in [0.29, 0.717) is 11.3 Å². The third-order valence-corrected chi connectivity index (χ3v) is 4.66. The molecule has 3 N–H and O–H groups in total. The molecular weight excluding hydrogens is 410 g/mol. The van der Waals surface area contributed by atoms with Crippen LogP contribution in [-0.4, -0.2) is 30.4 Å². The van der Waals surface area contributed by atoms with E-state index in [-0.39, 0.29) is 28.9 Å². The van der Waals surface area contributed by atoms with Crippen molar-refractivity contribution in [2.24, 2.45) is 0 Å². The summed E-state index contributed by atoms with van der Waals surface area (Å²) in [6, 6.07) is 9.27. The molecule has 5 amide bonds. The fourth-order valence-electron chi connectivity index (χ4n) is 2.66. The van der Waals surface area contributed by atoms with Crippen LogP contribution in [0.1, 0.15) is 16.7 Å². The van der Waals surface area contributed by atoms with Crippen molar-refractivity contribution >= 4 is 47.1 Å². The Bertz CT molecular complexity index is 1070. The highest BCUT2D eigenvalue weighted by molar-refractivity contribution is 6.33. The van der Waals surface area contributed by atoms with Gasteiger partial charge < -0.3 is 10.1 Å². The monoisotopic (exact) mass is 427 g/mol. The minimum Gasteiger partial charge on any atom is -0.482 e. The summed E-state index contributed by atoms with van der Waals surface area (Å²) in [5.74, 6) is -1.69. The number of nitrogens with one attached hydrogen (secondary N) is 3. The molecule has 9 heteroatoms. The molecule has 0 aromatic heterocycles. The van der Waals surface area contributed by atoms with Gasteiger partial charge in [0, 0.05) is 5.69 Å². The van der Waals surface area contributed by atoms with Crippen LogP contribution in [0.15, 0.2) is 42.0 Å². The Labute approximate surface area is 177 Å². The first-order valence-electron chi connectivity index (χ1n) is 8.91. The van der Waals surface area contributed by atoms with Gasteiger partial charge in [-0.2, -0.15) is 0 Å². The second kappa shape index (κ2) is 8.79. The fourth-order valence-corrected chi connectivity index (χ4v) is 2.90. The van der Waals surface area contributed by atoms with Crippen LogP contribution in [0.5, 0.6) is 5.75 Å². The van der Waals surface area contributed by atoms with Crippen LogP contribution in [0.25, 0.3) is 6.08 Å². The highest BCUT2D eigenvalue weighted by Gasteiger charge is 2.27. The molecule has 30 heavy (non-hydrogen) atoms. The fraction of sp³-hybridized carbons (Fsp3) is 0.143. The number of barbiturate groups is 1. The third kappa shape index (κ3) is 5.03. The van der Waals surface area contributed by atoms with Crippen LogP contribution in [0.2, 0.25) is 5.02 Å².